The second kappa shape index (κ2) is 5.74. The zero-order valence-corrected chi connectivity index (χ0v) is 10.5. The summed E-state index contributed by atoms with van der Waals surface area (Å²) >= 11 is 5.85. The van der Waals surface area contributed by atoms with Crippen LogP contribution < -0.4 is 10.5 Å². The third-order valence-electron chi connectivity index (χ3n) is 2.54. The van der Waals surface area contributed by atoms with Gasteiger partial charge in [0, 0.05) is 12.1 Å². The van der Waals surface area contributed by atoms with Crippen LogP contribution in [-0.2, 0) is 6.42 Å². The molecule has 0 fully saturated rings. The van der Waals surface area contributed by atoms with E-state index in [-0.39, 0.29) is 10.8 Å². The molecule has 0 unspecified atom stereocenters. The lowest BCUT2D eigenvalue weighted by molar-refractivity contribution is 0.305. The van der Waals surface area contributed by atoms with Crippen LogP contribution in [0.4, 0.5) is 10.1 Å². The molecular formula is C14H13ClFNO. The van der Waals surface area contributed by atoms with Gasteiger partial charge in [-0.3, -0.25) is 0 Å². The minimum absolute atomic E-state index is 0.106. The van der Waals surface area contributed by atoms with Gasteiger partial charge < -0.3 is 10.5 Å². The number of hydrogen-bond acceptors (Lipinski definition) is 2. The Morgan fingerprint density at radius 1 is 1.11 bits per heavy atom. The van der Waals surface area contributed by atoms with Crippen molar-refractivity contribution in [2.24, 2.45) is 0 Å². The van der Waals surface area contributed by atoms with Crippen LogP contribution in [0.2, 0.25) is 5.02 Å². The Morgan fingerprint density at radius 2 is 1.83 bits per heavy atom. The molecule has 18 heavy (non-hydrogen) atoms. The molecule has 0 heterocycles. The maximum absolute atomic E-state index is 13.4. The van der Waals surface area contributed by atoms with Gasteiger partial charge in [-0.2, -0.15) is 0 Å². The van der Waals surface area contributed by atoms with Gasteiger partial charge in [-0.15, -0.1) is 0 Å². The lowest BCUT2D eigenvalue weighted by atomic mass is 10.1. The van der Waals surface area contributed by atoms with Gasteiger partial charge in [0.2, 0.25) is 0 Å². The van der Waals surface area contributed by atoms with Crippen LogP contribution in [-0.4, -0.2) is 6.61 Å². The van der Waals surface area contributed by atoms with Crippen LogP contribution in [0.15, 0.2) is 42.5 Å². The van der Waals surface area contributed by atoms with Crippen molar-refractivity contribution in [1.82, 2.24) is 0 Å². The third kappa shape index (κ3) is 3.14. The smallest absolute Gasteiger partial charge is 0.173 e. The summed E-state index contributed by atoms with van der Waals surface area (Å²) in [6.07, 6.45) is 0.672. The SMILES string of the molecule is Nc1ccc(CCOc2c(F)cccc2Cl)cc1. The van der Waals surface area contributed by atoms with Crippen molar-refractivity contribution in [3.63, 3.8) is 0 Å². The van der Waals surface area contributed by atoms with Gasteiger partial charge in [0.05, 0.1) is 11.6 Å². The minimum atomic E-state index is -0.445. The number of benzene rings is 2. The monoisotopic (exact) mass is 265 g/mol. The summed E-state index contributed by atoms with van der Waals surface area (Å²) in [6, 6.07) is 12.0. The number of hydrogen-bond donors (Lipinski definition) is 1. The van der Waals surface area contributed by atoms with Gasteiger partial charge in [-0.05, 0) is 29.8 Å². The van der Waals surface area contributed by atoms with E-state index >= 15 is 0 Å². The van der Waals surface area contributed by atoms with Crippen LogP contribution in [0.1, 0.15) is 5.56 Å². The van der Waals surface area contributed by atoms with E-state index in [4.69, 9.17) is 22.1 Å². The second-order valence-electron chi connectivity index (χ2n) is 3.89. The Kier molecular flexibility index (Phi) is 4.05. The molecule has 0 aromatic heterocycles. The lowest BCUT2D eigenvalue weighted by Crippen LogP contribution is -2.03. The van der Waals surface area contributed by atoms with Gasteiger partial charge in [0.25, 0.3) is 0 Å². The molecule has 0 atom stereocenters. The highest BCUT2D eigenvalue weighted by atomic mass is 35.5. The van der Waals surface area contributed by atoms with E-state index in [1.54, 1.807) is 12.1 Å². The van der Waals surface area contributed by atoms with E-state index in [9.17, 15) is 4.39 Å². The predicted octanol–water partition coefficient (Wildman–Crippen LogP) is 3.68. The Bertz CT molecular complexity index is 508. The van der Waals surface area contributed by atoms with E-state index < -0.39 is 5.82 Å². The van der Waals surface area contributed by atoms with Gasteiger partial charge in [-0.1, -0.05) is 29.8 Å². The van der Waals surface area contributed by atoms with Crippen LogP contribution >= 0.6 is 11.6 Å². The van der Waals surface area contributed by atoms with Crippen LogP contribution in [0.3, 0.4) is 0 Å². The quantitative estimate of drug-likeness (QED) is 0.856. The van der Waals surface area contributed by atoms with Crippen molar-refractivity contribution in [1.29, 1.82) is 0 Å². The number of halogens is 2. The van der Waals surface area contributed by atoms with Crippen molar-refractivity contribution in [3.05, 3.63) is 58.9 Å². The molecule has 2 rings (SSSR count). The Morgan fingerprint density at radius 3 is 2.50 bits per heavy atom. The van der Waals surface area contributed by atoms with E-state index in [0.717, 1.165) is 11.3 Å². The molecule has 2 aromatic carbocycles. The fourth-order valence-electron chi connectivity index (χ4n) is 1.58. The second-order valence-corrected chi connectivity index (χ2v) is 4.30. The summed E-state index contributed by atoms with van der Waals surface area (Å²) in [5.41, 5.74) is 7.39. The highest BCUT2D eigenvalue weighted by molar-refractivity contribution is 6.32. The predicted molar refractivity (Wildman–Crippen MR) is 71.5 cm³/mol. The average Bonchev–Trinajstić information content (AvgIpc) is 2.35. The Labute approximate surface area is 110 Å². The van der Waals surface area contributed by atoms with E-state index in [0.29, 0.717) is 13.0 Å². The van der Waals surface area contributed by atoms with Crippen LogP contribution in [0.5, 0.6) is 5.75 Å². The summed E-state index contributed by atoms with van der Waals surface area (Å²) in [7, 11) is 0. The molecule has 0 saturated heterocycles. The first-order valence-electron chi connectivity index (χ1n) is 5.58. The summed E-state index contributed by atoms with van der Waals surface area (Å²) in [5.74, 6) is -0.339. The molecule has 4 heteroatoms. The number of rotatable bonds is 4. The molecule has 0 aliphatic heterocycles. The zero-order chi connectivity index (χ0) is 13.0. The molecule has 0 aliphatic carbocycles. The minimum Gasteiger partial charge on any atom is -0.489 e. The average molecular weight is 266 g/mol. The Balaban J connectivity index is 1.94. The lowest BCUT2D eigenvalue weighted by Gasteiger charge is -2.09. The molecule has 0 saturated carbocycles. The molecule has 2 N–H and O–H groups in total. The van der Waals surface area contributed by atoms with Gasteiger partial charge in [0.15, 0.2) is 11.6 Å². The fraction of sp³-hybridized carbons (Fsp3) is 0.143. The molecule has 0 amide bonds. The largest absolute Gasteiger partial charge is 0.489 e. The van der Waals surface area contributed by atoms with E-state index in [2.05, 4.69) is 0 Å². The Hall–Kier alpha value is -1.74. The summed E-state index contributed by atoms with van der Waals surface area (Å²) in [5, 5.41) is 0.285. The molecule has 0 bridgehead atoms. The summed E-state index contributed by atoms with van der Waals surface area (Å²) < 4.78 is 18.8. The standard InChI is InChI=1S/C14H13ClFNO/c15-12-2-1-3-13(16)14(12)18-9-8-10-4-6-11(17)7-5-10/h1-7H,8-9,17H2. The molecule has 2 aromatic rings. The van der Waals surface area contributed by atoms with Gasteiger partial charge in [0.1, 0.15) is 0 Å². The molecule has 0 radical (unpaired) electrons. The van der Waals surface area contributed by atoms with Crippen molar-refractivity contribution in [2.45, 2.75) is 6.42 Å². The highest BCUT2D eigenvalue weighted by Gasteiger charge is 2.07. The van der Waals surface area contributed by atoms with Crippen LogP contribution in [0, 0.1) is 5.82 Å². The third-order valence-corrected chi connectivity index (χ3v) is 2.83. The summed E-state index contributed by atoms with van der Waals surface area (Å²) in [6.45, 7) is 0.366. The number of anilines is 1. The molecular weight excluding hydrogens is 253 g/mol. The zero-order valence-electron chi connectivity index (χ0n) is 9.70. The molecule has 94 valence electrons. The molecule has 0 aliphatic rings. The van der Waals surface area contributed by atoms with Crippen molar-refractivity contribution >= 4 is 17.3 Å². The van der Waals surface area contributed by atoms with Crippen molar-refractivity contribution in [2.75, 3.05) is 12.3 Å². The van der Waals surface area contributed by atoms with E-state index in [1.165, 1.54) is 6.07 Å². The first kappa shape index (κ1) is 12.7. The fourth-order valence-corrected chi connectivity index (χ4v) is 1.79. The number of ether oxygens (including phenoxy) is 1. The van der Waals surface area contributed by atoms with Gasteiger partial charge in [-0.25, -0.2) is 4.39 Å². The maximum Gasteiger partial charge on any atom is 0.173 e. The van der Waals surface area contributed by atoms with E-state index in [1.807, 2.05) is 24.3 Å². The topological polar surface area (TPSA) is 35.2 Å². The maximum atomic E-state index is 13.4. The number of para-hydroxylation sites is 1. The van der Waals surface area contributed by atoms with Crippen molar-refractivity contribution < 1.29 is 9.13 Å². The highest BCUT2D eigenvalue weighted by Crippen LogP contribution is 2.27. The normalized spacial score (nSPS) is 10.3. The molecule has 2 nitrogen and oxygen atoms in total. The number of nitrogen functional groups attached to an aromatic ring is 1. The summed E-state index contributed by atoms with van der Waals surface area (Å²) in [4.78, 5) is 0. The molecule has 0 spiro atoms. The first-order chi connectivity index (χ1) is 8.66. The van der Waals surface area contributed by atoms with Crippen molar-refractivity contribution in [3.8, 4) is 5.75 Å². The van der Waals surface area contributed by atoms with Crippen LogP contribution in [0.25, 0.3) is 0 Å². The first-order valence-corrected chi connectivity index (χ1v) is 5.96. The number of nitrogens with two attached hydrogens (primary N) is 1. The van der Waals surface area contributed by atoms with Gasteiger partial charge >= 0.3 is 0 Å².